The highest BCUT2D eigenvalue weighted by molar-refractivity contribution is 7.13. The van der Waals surface area contributed by atoms with E-state index in [1.165, 1.54) is 0 Å². The molecule has 144 valence electrons. The van der Waals surface area contributed by atoms with Gasteiger partial charge >= 0.3 is 0 Å². The molecular weight excluding hydrogens is 366 g/mol. The van der Waals surface area contributed by atoms with E-state index in [2.05, 4.69) is 15.0 Å². The maximum Gasteiger partial charge on any atom is 0.268 e. The Hall–Kier alpha value is -2.26. The number of hydrogen-bond donors (Lipinski definition) is 0. The Balaban J connectivity index is 1.22. The van der Waals surface area contributed by atoms with Gasteiger partial charge < -0.3 is 14.3 Å². The zero-order valence-corrected chi connectivity index (χ0v) is 16.0. The Labute approximate surface area is 161 Å². The fraction of sp³-hybridized carbons (Fsp3) is 0.556. The van der Waals surface area contributed by atoms with Crippen molar-refractivity contribution in [3.8, 4) is 10.8 Å². The molecular formula is C18H23N5O3S. The molecule has 4 rings (SSSR count). The van der Waals surface area contributed by atoms with E-state index in [0.29, 0.717) is 50.7 Å². The minimum atomic E-state index is 0.133. The van der Waals surface area contributed by atoms with Gasteiger partial charge in [-0.3, -0.25) is 14.5 Å². The van der Waals surface area contributed by atoms with E-state index in [1.54, 1.807) is 16.2 Å². The van der Waals surface area contributed by atoms with Gasteiger partial charge in [-0.2, -0.15) is 4.98 Å². The van der Waals surface area contributed by atoms with Crippen molar-refractivity contribution in [2.24, 2.45) is 0 Å². The Bertz CT molecular complexity index is 783. The maximum absolute atomic E-state index is 12.4. The van der Waals surface area contributed by atoms with Crippen LogP contribution in [0.1, 0.15) is 25.1 Å². The number of piperazine rings is 1. The van der Waals surface area contributed by atoms with E-state index >= 15 is 0 Å². The molecule has 8 nitrogen and oxygen atoms in total. The van der Waals surface area contributed by atoms with E-state index in [0.717, 1.165) is 30.9 Å². The molecule has 9 heteroatoms. The Morgan fingerprint density at radius 1 is 1.22 bits per heavy atom. The zero-order chi connectivity index (χ0) is 18.6. The van der Waals surface area contributed by atoms with Gasteiger partial charge in [0.1, 0.15) is 0 Å². The predicted octanol–water partition coefficient (Wildman–Crippen LogP) is 1.45. The first-order valence-corrected chi connectivity index (χ1v) is 10.2. The third-order valence-corrected chi connectivity index (χ3v) is 5.91. The molecule has 0 N–H and O–H groups in total. The lowest BCUT2D eigenvalue weighted by Gasteiger charge is -2.34. The van der Waals surface area contributed by atoms with Gasteiger partial charge in [0.15, 0.2) is 5.82 Å². The molecule has 2 aromatic heterocycles. The molecule has 0 spiro atoms. The molecule has 0 atom stereocenters. The largest absolute Gasteiger partial charge is 0.342 e. The highest BCUT2D eigenvalue weighted by atomic mass is 32.1. The minimum absolute atomic E-state index is 0.133. The van der Waals surface area contributed by atoms with Crippen LogP contribution in [0.5, 0.6) is 0 Å². The van der Waals surface area contributed by atoms with Gasteiger partial charge in [0.2, 0.25) is 11.8 Å². The summed E-state index contributed by atoms with van der Waals surface area (Å²) in [4.78, 5) is 35.4. The first kappa shape index (κ1) is 18.1. The van der Waals surface area contributed by atoms with Crippen LogP contribution in [-0.4, -0.2) is 75.9 Å². The molecule has 2 saturated heterocycles. The SMILES string of the molecule is O=C1CCCN1CCC(=O)N1CCN(Cc2noc(-c3cccs3)n2)CC1. The number of carbonyl (C=O) groups excluding carboxylic acids is 2. The van der Waals surface area contributed by atoms with Gasteiger partial charge in [-0.1, -0.05) is 11.2 Å². The number of carbonyl (C=O) groups is 2. The lowest BCUT2D eigenvalue weighted by molar-refractivity contribution is -0.134. The molecule has 2 amide bonds. The summed E-state index contributed by atoms with van der Waals surface area (Å²) in [6, 6.07) is 3.92. The molecule has 2 aromatic rings. The number of rotatable bonds is 6. The molecule has 0 unspecified atom stereocenters. The van der Waals surface area contributed by atoms with Crippen LogP contribution in [0.2, 0.25) is 0 Å². The summed E-state index contributed by atoms with van der Waals surface area (Å²) < 4.78 is 5.33. The topological polar surface area (TPSA) is 82.8 Å². The smallest absolute Gasteiger partial charge is 0.268 e. The van der Waals surface area contributed by atoms with Crippen molar-refractivity contribution in [3.63, 3.8) is 0 Å². The summed E-state index contributed by atoms with van der Waals surface area (Å²) in [6.45, 7) is 4.93. The fourth-order valence-corrected chi connectivity index (χ4v) is 4.15. The van der Waals surface area contributed by atoms with E-state index in [9.17, 15) is 9.59 Å². The normalized spacial score (nSPS) is 18.4. The van der Waals surface area contributed by atoms with Gasteiger partial charge in [0.25, 0.3) is 5.89 Å². The van der Waals surface area contributed by atoms with Crippen LogP contribution in [0, 0.1) is 0 Å². The number of hydrogen-bond acceptors (Lipinski definition) is 7. The second-order valence-corrected chi connectivity index (χ2v) is 7.83. The molecule has 0 bridgehead atoms. The van der Waals surface area contributed by atoms with Crippen LogP contribution in [0.4, 0.5) is 0 Å². The van der Waals surface area contributed by atoms with Crippen LogP contribution in [-0.2, 0) is 16.1 Å². The summed E-state index contributed by atoms with van der Waals surface area (Å²) in [5.74, 6) is 1.54. The fourth-order valence-electron chi connectivity index (χ4n) is 3.50. The minimum Gasteiger partial charge on any atom is -0.342 e. The standard InChI is InChI=1S/C18H23N5O3S/c24-16-4-1-6-22(16)7-5-17(25)23-10-8-21(9-11-23)13-15-19-18(26-20-15)14-3-2-12-27-14/h2-3,12H,1,4-11,13H2. The van der Waals surface area contributed by atoms with Crippen LogP contribution in [0.15, 0.2) is 22.0 Å². The second kappa shape index (κ2) is 8.18. The molecule has 0 radical (unpaired) electrons. The first-order chi connectivity index (χ1) is 13.2. The zero-order valence-electron chi connectivity index (χ0n) is 15.2. The quantitative estimate of drug-likeness (QED) is 0.744. The molecule has 0 aromatic carbocycles. The van der Waals surface area contributed by atoms with Crippen molar-refractivity contribution in [1.29, 1.82) is 0 Å². The third kappa shape index (κ3) is 4.36. The Kier molecular flexibility index (Phi) is 5.49. The summed E-state index contributed by atoms with van der Waals surface area (Å²) in [7, 11) is 0. The summed E-state index contributed by atoms with van der Waals surface area (Å²) in [6.07, 6.45) is 1.95. The molecule has 2 fully saturated rings. The van der Waals surface area contributed by atoms with Crippen molar-refractivity contribution in [3.05, 3.63) is 23.3 Å². The maximum atomic E-state index is 12.4. The van der Waals surface area contributed by atoms with Gasteiger partial charge in [-0.15, -0.1) is 11.3 Å². The van der Waals surface area contributed by atoms with Crippen molar-refractivity contribution in [1.82, 2.24) is 24.8 Å². The number of amides is 2. The average molecular weight is 389 g/mol. The molecule has 0 aliphatic carbocycles. The molecule has 27 heavy (non-hydrogen) atoms. The van der Waals surface area contributed by atoms with Crippen molar-refractivity contribution >= 4 is 23.2 Å². The summed E-state index contributed by atoms with van der Waals surface area (Å²) in [5, 5.41) is 6.04. The first-order valence-electron chi connectivity index (χ1n) is 9.33. The van der Waals surface area contributed by atoms with Gasteiger partial charge in [0, 0.05) is 52.1 Å². The summed E-state index contributed by atoms with van der Waals surface area (Å²) in [5.41, 5.74) is 0. The van der Waals surface area contributed by atoms with Crippen LogP contribution in [0.3, 0.4) is 0 Å². The molecule has 4 heterocycles. The van der Waals surface area contributed by atoms with E-state index in [1.807, 2.05) is 22.4 Å². The highest BCUT2D eigenvalue weighted by Gasteiger charge is 2.25. The highest BCUT2D eigenvalue weighted by Crippen LogP contribution is 2.22. The number of likely N-dealkylation sites (tertiary alicyclic amines) is 1. The van der Waals surface area contributed by atoms with E-state index in [4.69, 9.17) is 4.52 Å². The molecule has 2 aliphatic rings. The lowest BCUT2D eigenvalue weighted by atomic mass is 10.2. The lowest BCUT2D eigenvalue weighted by Crippen LogP contribution is -2.48. The van der Waals surface area contributed by atoms with E-state index < -0.39 is 0 Å². The monoisotopic (exact) mass is 389 g/mol. The van der Waals surface area contributed by atoms with Crippen LogP contribution in [0.25, 0.3) is 10.8 Å². The van der Waals surface area contributed by atoms with Crippen molar-refractivity contribution in [2.45, 2.75) is 25.8 Å². The van der Waals surface area contributed by atoms with Gasteiger partial charge in [0.05, 0.1) is 11.4 Å². The van der Waals surface area contributed by atoms with Crippen molar-refractivity contribution < 1.29 is 14.1 Å². The number of aromatic nitrogens is 2. The predicted molar refractivity (Wildman–Crippen MR) is 99.9 cm³/mol. The second-order valence-electron chi connectivity index (χ2n) is 6.88. The van der Waals surface area contributed by atoms with Crippen LogP contribution < -0.4 is 0 Å². The molecule has 0 saturated carbocycles. The van der Waals surface area contributed by atoms with Crippen LogP contribution >= 0.6 is 11.3 Å². The Morgan fingerprint density at radius 3 is 2.78 bits per heavy atom. The van der Waals surface area contributed by atoms with Gasteiger partial charge in [-0.05, 0) is 17.9 Å². The third-order valence-electron chi connectivity index (χ3n) is 5.06. The average Bonchev–Trinajstić information content (AvgIpc) is 3.42. The Morgan fingerprint density at radius 2 is 2.07 bits per heavy atom. The number of nitrogens with zero attached hydrogens (tertiary/aromatic N) is 5. The number of thiophene rings is 1. The van der Waals surface area contributed by atoms with Gasteiger partial charge in [-0.25, -0.2) is 0 Å². The van der Waals surface area contributed by atoms with Crippen molar-refractivity contribution in [2.75, 3.05) is 39.3 Å². The van der Waals surface area contributed by atoms with E-state index in [-0.39, 0.29) is 11.8 Å². The summed E-state index contributed by atoms with van der Waals surface area (Å²) >= 11 is 1.57. The molecule has 2 aliphatic heterocycles.